The number of rotatable bonds is 4. The van der Waals surface area contributed by atoms with Crippen molar-refractivity contribution in [3.8, 4) is 0 Å². The van der Waals surface area contributed by atoms with Gasteiger partial charge in [0.1, 0.15) is 11.6 Å². The number of carboxylic acids is 1. The number of ether oxygens (including phenoxy) is 1. The molecule has 0 fully saturated rings. The number of carboxylic acid groups (broad SMARTS) is 1. The molecule has 0 aliphatic rings. The van der Waals surface area contributed by atoms with E-state index in [0.29, 0.717) is 0 Å². The molecule has 0 spiro atoms. The normalized spacial score (nSPS) is 13.5. The lowest BCUT2D eigenvalue weighted by Gasteiger charge is -2.22. The van der Waals surface area contributed by atoms with E-state index in [-0.39, 0.29) is 0 Å². The van der Waals surface area contributed by atoms with Crippen molar-refractivity contribution in [2.45, 2.75) is 32.4 Å². The van der Waals surface area contributed by atoms with Gasteiger partial charge in [-0.1, -0.05) is 0 Å². The highest BCUT2D eigenvalue weighted by molar-refractivity contribution is 5.88. The third-order valence-electron chi connectivity index (χ3n) is 1.78. The molecule has 76 valence electrons. The highest BCUT2D eigenvalue weighted by Gasteiger charge is 2.29. The number of methoxy groups -OCH3 is 1. The van der Waals surface area contributed by atoms with E-state index in [1.165, 1.54) is 14.0 Å². The monoisotopic (exact) mass is 189 g/mol. The highest BCUT2D eigenvalue weighted by atomic mass is 16.5. The van der Waals surface area contributed by atoms with Gasteiger partial charge in [-0.15, -0.1) is 0 Å². The number of amides is 1. The van der Waals surface area contributed by atoms with Crippen LogP contribution in [0.1, 0.15) is 20.8 Å². The smallest absolute Gasteiger partial charge is 0.325 e. The van der Waals surface area contributed by atoms with Crippen molar-refractivity contribution in [3.05, 3.63) is 0 Å². The van der Waals surface area contributed by atoms with Gasteiger partial charge in [-0.25, -0.2) is 0 Å². The topological polar surface area (TPSA) is 75.6 Å². The molecule has 13 heavy (non-hydrogen) atoms. The second-order valence-corrected chi connectivity index (χ2v) is 3.25. The zero-order chi connectivity index (χ0) is 10.6. The Hall–Kier alpha value is -1.10. The molecule has 0 bridgehead atoms. The number of nitrogens with one attached hydrogen (secondary N) is 1. The van der Waals surface area contributed by atoms with Gasteiger partial charge in [-0.05, 0) is 20.8 Å². The molecule has 0 heterocycles. The predicted octanol–water partition coefficient (Wildman–Crippen LogP) is 0.000700. The Morgan fingerprint density at radius 2 is 1.92 bits per heavy atom. The molecule has 1 atom stereocenters. The van der Waals surface area contributed by atoms with E-state index < -0.39 is 23.5 Å². The van der Waals surface area contributed by atoms with Crippen LogP contribution in [0.25, 0.3) is 0 Å². The molecule has 0 saturated heterocycles. The van der Waals surface area contributed by atoms with Gasteiger partial charge in [-0.2, -0.15) is 0 Å². The van der Waals surface area contributed by atoms with E-state index in [0.717, 1.165) is 0 Å². The average Bonchev–Trinajstić information content (AvgIpc) is 2.04. The Kier molecular flexibility index (Phi) is 3.87. The van der Waals surface area contributed by atoms with Gasteiger partial charge in [0, 0.05) is 7.11 Å². The standard InChI is InChI=1S/C8H15NO4/c1-5(6(10)11)9-7(12)8(2,3)13-4/h5H,1-4H3,(H,9,12)(H,10,11)/t5-/m0/s1. The van der Waals surface area contributed by atoms with Crippen LogP contribution in [0.4, 0.5) is 0 Å². The third kappa shape index (κ3) is 3.42. The van der Waals surface area contributed by atoms with Crippen molar-refractivity contribution >= 4 is 11.9 Å². The van der Waals surface area contributed by atoms with Crippen molar-refractivity contribution in [3.63, 3.8) is 0 Å². The van der Waals surface area contributed by atoms with Crippen LogP contribution in [0.5, 0.6) is 0 Å². The summed E-state index contributed by atoms with van der Waals surface area (Å²) < 4.78 is 4.88. The zero-order valence-corrected chi connectivity index (χ0v) is 8.25. The molecule has 0 aromatic carbocycles. The summed E-state index contributed by atoms with van der Waals surface area (Å²) >= 11 is 0. The van der Waals surface area contributed by atoms with E-state index in [1.54, 1.807) is 13.8 Å². The molecule has 5 nitrogen and oxygen atoms in total. The average molecular weight is 189 g/mol. The second kappa shape index (κ2) is 4.23. The van der Waals surface area contributed by atoms with Crippen LogP contribution in [-0.2, 0) is 14.3 Å². The molecule has 0 saturated carbocycles. The van der Waals surface area contributed by atoms with Crippen LogP contribution in [0.15, 0.2) is 0 Å². The molecule has 0 aromatic rings. The van der Waals surface area contributed by atoms with Crippen LogP contribution < -0.4 is 5.32 Å². The molecule has 0 radical (unpaired) electrons. The molecule has 0 rings (SSSR count). The lowest BCUT2D eigenvalue weighted by molar-refractivity contribution is -0.146. The SMILES string of the molecule is COC(C)(C)C(=O)N[C@@H](C)C(=O)O. The van der Waals surface area contributed by atoms with Gasteiger partial charge < -0.3 is 15.2 Å². The fourth-order valence-electron chi connectivity index (χ4n) is 0.525. The molecule has 0 aliphatic carbocycles. The van der Waals surface area contributed by atoms with Gasteiger partial charge in [-0.3, -0.25) is 9.59 Å². The summed E-state index contributed by atoms with van der Waals surface area (Å²) in [5.41, 5.74) is -0.996. The van der Waals surface area contributed by atoms with Crippen molar-refractivity contribution < 1.29 is 19.4 Å². The van der Waals surface area contributed by atoms with Crippen molar-refractivity contribution in [2.75, 3.05) is 7.11 Å². The van der Waals surface area contributed by atoms with Gasteiger partial charge in [0.25, 0.3) is 5.91 Å². The Labute approximate surface area is 77.1 Å². The van der Waals surface area contributed by atoms with Gasteiger partial charge >= 0.3 is 5.97 Å². The minimum atomic E-state index is -1.07. The summed E-state index contributed by atoms with van der Waals surface area (Å²) in [5.74, 6) is -1.51. The van der Waals surface area contributed by atoms with E-state index in [2.05, 4.69) is 5.32 Å². The fourth-order valence-corrected chi connectivity index (χ4v) is 0.525. The molecule has 1 amide bonds. The summed E-state index contributed by atoms with van der Waals surface area (Å²) in [7, 11) is 1.39. The largest absolute Gasteiger partial charge is 0.480 e. The number of hydrogen-bond donors (Lipinski definition) is 2. The maximum Gasteiger partial charge on any atom is 0.325 e. The molecule has 2 N–H and O–H groups in total. The second-order valence-electron chi connectivity index (χ2n) is 3.25. The van der Waals surface area contributed by atoms with E-state index in [9.17, 15) is 9.59 Å². The van der Waals surface area contributed by atoms with Crippen LogP contribution in [-0.4, -0.2) is 35.7 Å². The number of carbonyl (C=O) groups is 2. The first-order valence-electron chi connectivity index (χ1n) is 3.90. The first kappa shape index (κ1) is 11.9. The van der Waals surface area contributed by atoms with Crippen LogP contribution in [0.2, 0.25) is 0 Å². The van der Waals surface area contributed by atoms with Crippen LogP contribution in [0.3, 0.4) is 0 Å². The van der Waals surface area contributed by atoms with Gasteiger partial charge in [0.05, 0.1) is 0 Å². The summed E-state index contributed by atoms with van der Waals surface area (Å²) in [5, 5.41) is 10.8. The maximum atomic E-state index is 11.3. The minimum absolute atomic E-state index is 0.440. The Morgan fingerprint density at radius 3 is 2.23 bits per heavy atom. The molecule has 0 aromatic heterocycles. The Morgan fingerprint density at radius 1 is 1.46 bits per heavy atom. The highest BCUT2D eigenvalue weighted by Crippen LogP contribution is 2.07. The molecular formula is C8H15NO4. The summed E-state index contributed by atoms with van der Waals surface area (Å²) in [6, 6.07) is -0.901. The van der Waals surface area contributed by atoms with E-state index >= 15 is 0 Å². The van der Waals surface area contributed by atoms with Crippen molar-refractivity contribution in [1.29, 1.82) is 0 Å². The lowest BCUT2D eigenvalue weighted by Crippen LogP contribution is -2.49. The van der Waals surface area contributed by atoms with Crippen molar-refractivity contribution in [1.82, 2.24) is 5.32 Å². The van der Waals surface area contributed by atoms with Gasteiger partial charge in [0.15, 0.2) is 0 Å². The number of aliphatic carboxylic acids is 1. The Balaban J connectivity index is 4.23. The summed E-state index contributed by atoms with van der Waals surface area (Å²) in [4.78, 5) is 21.7. The zero-order valence-electron chi connectivity index (χ0n) is 8.25. The molecule has 0 aliphatic heterocycles. The molecular weight excluding hydrogens is 174 g/mol. The summed E-state index contributed by atoms with van der Waals surface area (Å²) in [6.45, 7) is 4.53. The summed E-state index contributed by atoms with van der Waals surface area (Å²) in [6.07, 6.45) is 0. The molecule has 5 heteroatoms. The molecule has 0 unspecified atom stereocenters. The first-order chi connectivity index (χ1) is 5.81. The number of hydrogen-bond acceptors (Lipinski definition) is 3. The van der Waals surface area contributed by atoms with Crippen LogP contribution in [0, 0.1) is 0 Å². The quantitative estimate of drug-likeness (QED) is 0.652. The van der Waals surface area contributed by atoms with Crippen LogP contribution >= 0.6 is 0 Å². The van der Waals surface area contributed by atoms with E-state index in [4.69, 9.17) is 9.84 Å². The maximum absolute atomic E-state index is 11.3. The van der Waals surface area contributed by atoms with E-state index in [1.807, 2.05) is 0 Å². The predicted molar refractivity (Wildman–Crippen MR) is 46.3 cm³/mol. The van der Waals surface area contributed by atoms with Crippen molar-refractivity contribution in [2.24, 2.45) is 0 Å². The third-order valence-corrected chi connectivity index (χ3v) is 1.78. The lowest BCUT2D eigenvalue weighted by atomic mass is 10.1. The number of carbonyl (C=O) groups excluding carboxylic acids is 1. The van der Waals surface area contributed by atoms with Gasteiger partial charge in [0.2, 0.25) is 0 Å². The first-order valence-corrected chi connectivity index (χ1v) is 3.90. The fraction of sp³-hybridized carbons (Fsp3) is 0.750. The minimum Gasteiger partial charge on any atom is -0.480 e. The Bertz CT molecular complexity index is 212.